The number of nitrogens with zero attached hydrogens (tertiary/aromatic N) is 1. The highest BCUT2D eigenvalue weighted by atomic mass is 19.4. The van der Waals surface area contributed by atoms with Crippen LogP contribution in [0.25, 0.3) is 11.1 Å². The Hall–Kier alpha value is -2.74. The molecule has 33 heavy (non-hydrogen) atoms. The Balaban J connectivity index is 1.31. The molecule has 5 nitrogen and oxygen atoms in total. The van der Waals surface area contributed by atoms with E-state index in [4.69, 9.17) is 4.74 Å². The molecule has 0 spiro atoms. The van der Waals surface area contributed by atoms with E-state index in [1.807, 2.05) is 12.1 Å². The van der Waals surface area contributed by atoms with E-state index < -0.39 is 6.36 Å². The maximum atomic E-state index is 12.8. The van der Waals surface area contributed by atoms with E-state index in [0.717, 1.165) is 62.9 Å². The van der Waals surface area contributed by atoms with Gasteiger partial charge in [-0.15, -0.1) is 13.2 Å². The van der Waals surface area contributed by atoms with Crippen LogP contribution in [0.5, 0.6) is 5.75 Å². The number of rotatable bonds is 4. The van der Waals surface area contributed by atoms with Gasteiger partial charge in [-0.05, 0) is 73.9 Å². The third-order valence-corrected chi connectivity index (χ3v) is 7.03. The lowest BCUT2D eigenvalue weighted by atomic mass is 9.85. The number of ether oxygens (including phenoxy) is 2. The Morgan fingerprint density at radius 1 is 1.06 bits per heavy atom. The van der Waals surface area contributed by atoms with Crippen LogP contribution in [-0.2, 0) is 11.2 Å². The molecule has 4 aliphatic rings. The van der Waals surface area contributed by atoms with Crippen LogP contribution < -0.4 is 10.1 Å². The van der Waals surface area contributed by atoms with Crippen molar-refractivity contribution in [1.82, 2.24) is 10.2 Å². The number of hydrogen-bond acceptors (Lipinski definition) is 4. The number of halogens is 3. The van der Waals surface area contributed by atoms with Crippen LogP contribution in [0.1, 0.15) is 42.9 Å². The van der Waals surface area contributed by atoms with Crippen molar-refractivity contribution in [2.24, 2.45) is 5.92 Å². The zero-order chi connectivity index (χ0) is 23.0. The van der Waals surface area contributed by atoms with Crippen LogP contribution >= 0.6 is 0 Å². The van der Waals surface area contributed by atoms with Crippen molar-refractivity contribution in [2.45, 2.75) is 50.6 Å². The molecule has 2 aromatic carbocycles. The summed E-state index contributed by atoms with van der Waals surface area (Å²) in [7, 11) is 0. The minimum Gasteiger partial charge on any atom is -0.445 e. The van der Waals surface area contributed by atoms with Crippen molar-refractivity contribution in [1.29, 1.82) is 0 Å². The normalized spacial score (nSPS) is 26.4. The van der Waals surface area contributed by atoms with Crippen LogP contribution in [-0.4, -0.2) is 43.1 Å². The number of para-hydroxylation sites is 1. The average Bonchev–Trinajstić information content (AvgIpc) is 2.79. The molecular weight excluding hydrogens is 433 g/mol. The minimum atomic E-state index is -4.76. The Labute approximate surface area is 190 Å². The van der Waals surface area contributed by atoms with Gasteiger partial charge in [0, 0.05) is 12.1 Å². The number of piperidine rings is 3. The second kappa shape index (κ2) is 8.89. The monoisotopic (exact) mass is 460 g/mol. The first-order chi connectivity index (χ1) is 15.9. The number of amides is 1. The second-order valence-electron chi connectivity index (χ2n) is 9.13. The maximum absolute atomic E-state index is 12.8. The highest BCUT2D eigenvalue weighted by Gasteiger charge is 2.37. The molecule has 3 aliphatic heterocycles. The van der Waals surface area contributed by atoms with Gasteiger partial charge in [0.25, 0.3) is 0 Å². The molecule has 2 aromatic rings. The summed E-state index contributed by atoms with van der Waals surface area (Å²) in [5.41, 5.74) is 3.05. The Kier molecular flexibility index (Phi) is 5.95. The first-order valence-electron chi connectivity index (χ1n) is 11.5. The first-order valence-corrected chi connectivity index (χ1v) is 11.5. The van der Waals surface area contributed by atoms with E-state index >= 15 is 0 Å². The predicted molar refractivity (Wildman–Crippen MR) is 117 cm³/mol. The molecule has 8 heteroatoms. The van der Waals surface area contributed by atoms with E-state index in [1.54, 1.807) is 18.2 Å². The third-order valence-electron chi connectivity index (χ3n) is 7.03. The molecule has 2 atom stereocenters. The number of nitrogens with one attached hydrogen (secondary N) is 1. The molecule has 2 bridgehead atoms. The van der Waals surface area contributed by atoms with Gasteiger partial charge in [0.2, 0.25) is 0 Å². The van der Waals surface area contributed by atoms with Gasteiger partial charge >= 0.3 is 12.5 Å². The van der Waals surface area contributed by atoms with Gasteiger partial charge < -0.3 is 14.8 Å². The Bertz CT molecular complexity index is 1020. The molecule has 0 aromatic heterocycles. The largest absolute Gasteiger partial charge is 0.573 e. The number of hydrogen-bond donors (Lipinski definition) is 1. The van der Waals surface area contributed by atoms with Gasteiger partial charge in [-0.25, -0.2) is 4.79 Å². The molecule has 1 amide bonds. The molecule has 1 aliphatic carbocycles. The molecular formula is C25H27F3N2O3. The highest BCUT2D eigenvalue weighted by molar-refractivity contribution is 5.72. The van der Waals surface area contributed by atoms with E-state index in [9.17, 15) is 18.0 Å². The SMILES string of the molecule is O=C(NC1CCCc2cc(-c3ccccc3OC(F)(F)F)ccc21)O[C@@H]1CN2CCC1CC2. The fraction of sp³-hybridized carbons (Fsp3) is 0.480. The van der Waals surface area contributed by atoms with Gasteiger partial charge in [0.1, 0.15) is 11.9 Å². The summed E-state index contributed by atoms with van der Waals surface area (Å²) in [5.74, 6) is 0.220. The van der Waals surface area contributed by atoms with Crippen molar-refractivity contribution >= 4 is 6.09 Å². The zero-order valence-corrected chi connectivity index (χ0v) is 18.2. The van der Waals surface area contributed by atoms with Crippen molar-refractivity contribution < 1.29 is 27.4 Å². The molecule has 6 rings (SSSR count). The van der Waals surface area contributed by atoms with Gasteiger partial charge in [-0.1, -0.05) is 36.4 Å². The predicted octanol–water partition coefficient (Wildman–Crippen LogP) is 5.45. The first kappa shape index (κ1) is 22.1. The summed E-state index contributed by atoms with van der Waals surface area (Å²) < 4.78 is 48.5. The third kappa shape index (κ3) is 4.95. The quantitative estimate of drug-likeness (QED) is 0.659. The number of benzene rings is 2. The fourth-order valence-corrected chi connectivity index (χ4v) is 5.41. The standard InChI is InChI=1S/C25H27F3N2O3/c26-25(27,28)33-22-7-2-1-5-20(22)18-8-9-19-17(14-18)4-3-6-21(19)29-24(31)32-23-15-30-12-10-16(23)11-13-30/h1-2,5,7-9,14,16,21,23H,3-4,6,10-13,15H2,(H,29,31)/t21?,23-/m1/s1. The number of carbonyl (C=O) groups excluding carboxylic acids is 1. The molecule has 1 unspecified atom stereocenters. The molecule has 3 saturated heterocycles. The summed E-state index contributed by atoms with van der Waals surface area (Å²) in [4.78, 5) is 15.0. The number of alkyl carbamates (subject to hydrolysis) is 1. The number of fused-ring (bicyclic) bond motifs is 4. The van der Waals surface area contributed by atoms with Crippen molar-refractivity contribution in [3.05, 3.63) is 53.6 Å². The molecule has 1 N–H and O–H groups in total. The Morgan fingerprint density at radius 2 is 1.85 bits per heavy atom. The fourth-order valence-electron chi connectivity index (χ4n) is 5.41. The van der Waals surface area contributed by atoms with Crippen LogP contribution in [0.4, 0.5) is 18.0 Å². The van der Waals surface area contributed by atoms with Gasteiger partial charge in [0.05, 0.1) is 6.04 Å². The van der Waals surface area contributed by atoms with Crippen molar-refractivity contribution in [3.8, 4) is 16.9 Å². The lowest BCUT2D eigenvalue weighted by molar-refractivity contribution is -0.274. The van der Waals surface area contributed by atoms with Crippen molar-refractivity contribution in [2.75, 3.05) is 19.6 Å². The summed E-state index contributed by atoms with van der Waals surface area (Å²) in [6, 6.07) is 11.6. The highest BCUT2D eigenvalue weighted by Crippen LogP contribution is 2.38. The maximum Gasteiger partial charge on any atom is 0.573 e. The topological polar surface area (TPSA) is 50.8 Å². The smallest absolute Gasteiger partial charge is 0.445 e. The summed E-state index contributed by atoms with van der Waals surface area (Å²) in [5, 5.41) is 3.03. The lowest BCUT2D eigenvalue weighted by Gasteiger charge is -2.44. The van der Waals surface area contributed by atoms with Gasteiger partial charge in [0.15, 0.2) is 0 Å². The second-order valence-corrected chi connectivity index (χ2v) is 9.13. The summed E-state index contributed by atoms with van der Waals surface area (Å²) in [6.07, 6.45) is -0.564. The van der Waals surface area contributed by atoms with Crippen LogP contribution in [0.15, 0.2) is 42.5 Å². The van der Waals surface area contributed by atoms with E-state index in [2.05, 4.69) is 15.0 Å². The van der Waals surface area contributed by atoms with E-state index in [1.165, 1.54) is 12.1 Å². The van der Waals surface area contributed by atoms with E-state index in [0.29, 0.717) is 17.0 Å². The summed E-state index contributed by atoms with van der Waals surface area (Å²) >= 11 is 0. The minimum absolute atomic E-state index is 0.0527. The van der Waals surface area contributed by atoms with Gasteiger partial charge in [-0.3, -0.25) is 4.90 Å². The molecule has 3 fully saturated rings. The molecule has 0 radical (unpaired) electrons. The zero-order valence-electron chi connectivity index (χ0n) is 18.2. The molecule has 3 heterocycles. The average molecular weight is 460 g/mol. The van der Waals surface area contributed by atoms with Crippen LogP contribution in [0, 0.1) is 5.92 Å². The van der Waals surface area contributed by atoms with Gasteiger partial charge in [-0.2, -0.15) is 0 Å². The number of aryl methyl sites for hydroxylation is 1. The van der Waals surface area contributed by atoms with Crippen LogP contribution in [0.3, 0.4) is 0 Å². The number of alkyl halides is 3. The van der Waals surface area contributed by atoms with Crippen molar-refractivity contribution in [3.63, 3.8) is 0 Å². The molecule has 0 saturated carbocycles. The Morgan fingerprint density at radius 3 is 2.58 bits per heavy atom. The van der Waals surface area contributed by atoms with E-state index in [-0.39, 0.29) is 24.0 Å². The lowest BCUT2D eigenvalue weighted by Crippen LogP contribution is -2.52. The number of carbonyl (C=O) groups is 1. The summed E-state index contributed by atoms with van der Waals surface area (Å²) in [6.45, 7) is 2.98. The van der Waals surface area contributed by atoms with Crippen LogP contribution in [0.2, 0.25) is 0 Å². The molecule has 176 valence electrons.